The van der Waals surface area contributed by atoms with Gasteiger partial charge in [-0.15, -0.1) is 0 Å². The molecule has 16 heavy (non-hydrogen) atoms. The van der Waals surface area contributed by atoms with Crippen LogP contribution in [0.3, 0.4) is 0 Å². The Morgan fingerprint density at radius 3 is 2.94 bits per heavy atom. The van der Waals surface area contributed by atoms with Crippen LogP contribution in [0.15, 0.2) is 12.4 Å². The van der Waals surface area contributed by atoms with E-state index in [0.29, 0.717) is 6.61 Å². The molecule has 1 N–H and O–H groups in total. The van der Waals surface area contributed by atoms with Crippen LogP contribution in [0, 0.1) is 0 Å². The number of carbonyl (C=O) groups excluding carboxylic acids is 1. The quantitative estimate of drug-likeness (QED) is 0.846. The zero-order valence-electron chi connectivity index (χ0n) is 9.24. The highest BCUT2D eigenvalue weighted by molar-refractivity contribution is 6.29. The molecule has 6 heteroatoms. The van der Waals surface area contributed by atoms with Crippen molar-refractivity contribution in [1.82, 2.24) is 15.3 Å². The Balaban J connectivity index is 2.64. The fourth-order valence-electron chi connectivity index (χ4n) is 1.17. The molecule has 1 rings (SSSR count). The molecule has 0 fully saturated rings. The third kappa shape index (κ3) is 3.75. The summed E-state index contributed by atoms with van der Waals surface area (Å²) in [6.07, 6.45) is 3.54. The molecule has 0 aliphatic heterocycles. The van der Waals surface area contributed by atoms with Crippen LogP contribution in [0.5, 0.6) is 0 Å². The van der Waals surface area contributed by atoms with E-state index in [9.17, 15) is 4.79 Å². The van der Waals surface area contributed by atoms with E-state index in [1.54, 1.807) is 7.11 Å². The number of amides is 1. The van der Waals surface area contributed by atoms with Crippen molar-refractivity contribution in [3.63, 3.8) is 0 Å². The topological polar surface area (TPSA) is 64.1 Å². The lowest BCUT2D eigenvalue weighted by atomic mass is 10.2. The minimum absolute atomic E-state index is 0.0294. The van der Waals surface area contributed by atoms with Gasteiger partial charge in [-0.3, -0.25) is 9.78 Å². The molecule has 0 aromatic carbocycles. The lowest BCUT2D eigenvalue weighted by Crippen LogP contribution is -2.37. The third-order valence-corrected chi connectivity index (χ3v) is 2.22. The summed E-state index contributed by atoms with van der Waals surface area (Å²) < 4.78 is 4.98. The Hall–Kier alpha value is -1.20. The SMILES string of the molecule is CCC(COC)NC(=O)c1cncc(Cl)n1. The van der Waals surface area contributed by atoms with E-state index in [1.807, 2.05) is 6.92 Å². The van der Waals surface area contributed by atoms with E-state index in [0.717, 1.165) is 6.42 Å². The molecule has 0 aliphatic carbocycles. The van der Waals surface area contributed by atoms with Crippen molar-refractivity contribution < 1.29 is 9.53 Å². The molecule has 1 amide bonds. The second-order valence-corrected chi connectivity index (χ2v) is 3.65. The van der Waals surface area contributed by atoms with Crippen molar-refractivity contribution in [3.05, 3.63) is 23.2 Å². The summed E-state index contributed by atoms with van der Waals surface area (Å²) >= 11 is 5.64. The van der Waals surface area contributed by atoms with Crippen molar-refractivity contribution in [3.8, 4) is 0 Å². The third-order valence-electron chi connectivity index (χ3n) is 2.03. The van der Waals surface area contributed by atoms with Gasteiger partial charge in [0.2, 0.25) is 0 Å². The molecule has 0 radical (unpaired) electrons. The fraction of sp³-hybridized carbons (Fsp3) is 0.500. The lowest BCUT2D eigenvalue weighted by molar-refractivity contribution is 0.0889. The molecule has 1 unspecified atom stereocenters. The van der Waals surface area contributed by atoms with Gasteiger partial charge in [-0.05, 0) is 6.42 Å². The first kappa shape index (κ1) is 12.9. The van der Waals surface area contributed by atoms with E-state index in [1.165, 1.54) is 12.4 Å². The summed E-state index contributed by atoms with van der Waals surface area (Å²) in [7, 11) is 1.59. The number of aromatic nitrogens is 2. The van der Waals surface area contributed by atoms with Crippen molar-refractivity contribution in [2.24, 2.45) is 0 Å². The summed E-state index contributed by atoms with van der Waals surface area (Å²) in [5.74, 6) is -0.293. The Morgan fingerprint density at radius 1 is 1.62 bits per heavy atom. The van der Waals surface area contributed by atoms with E-state index in [2.05, 4.69) is 15.3 Å². The second kappa shape index (κ2) is 6.40. The Labute approximate surface area is 99.2 Å². The number of nitrogens with one attached hydrogen (secondary N) is 1. The van der Waals surface area contributed by atoms with Crippen molar-refractivity contribution >= 4 is 17.5 Å². The summed E-state index contributed by atoms with van der Waals surface area (Å²) in [5, 5.41) is 2.99. The molecular weight excluding hydrogens is 230 g/mol. The summed E-state index contributed by atoms with van der Waals surface area (Å²) in [4.78, 5) is 19.4. The highest BCUT2D eigenvalue weighted by Crippen LogP contribution is 2.03. The van der Waals surface area contributed by atoms with Gasteiger partial charge in [-0.25, -0.2) is 4.98 Å². The Bertz CT molecular complexity index is 360. The summed E-state index contributed by atoms with van der Waals surface area (Å²) in [5.41, 5.74) is 0.210. The van der Waals surface area contributed by atoms with Gasteiger partial charge in [0, 0.05) is 7.11 Å². The first-order valence-electron chi connectivity index (χ1n) is 4.94. The number of nitrogens with zero attached hydrogens (tertiary/aromatic N) is 2. The number of ether oxygens (including phenoxy) is 1. The molecule has 0 saturated heterocycles. The van der Waals surface area contributed by atoms with Gasteiger partial charge in [0.1, 0.15) is 10.8 Å². The fourth-order valence-corrected chi connectivity index (χ4v) is 1.32. The smallest absolute Gasteiger partial charge is 0.271 e. The molecule has 1 atom stereocenters. The number of rotatable bonds is 5. The minimum Gasteiger partial charge on any atom is -0.383 e. The van der Waals surface area contributed by atoms with Gasteiger partial charge < -0.3 is 10.1 Å². The number of carbonyl (C=O) groups is 1. The van der Waals surface area contributed by atoms with Gasteiger partial charge in [0.05, 0.1) is 25.0 Å². The molecule has 1 aromatic heterocycles. The number of hydrogen-bond acceptors (Lipinski definition) is 4. The van der Waals surface area contributed by atoms with Crippen LogP contribution >= 0.6 is 11.6 Å². The predicted molar refractivity (Wildman–Crippen MR) is 60.5 cm³/mol. The molecule has 88 valence electrons. The standard InChI is InChI=1S/C10H14ClN3O2/c1-3-7(6-16-2)13-10(15)8-4-12-5-9(11)14-8/h4-5,7H,3,6H2,1-2H3,(H,13,15). The van der Waals surface area contributed by atoms with Gasteiger partial charge in [-0.1, -0.05) is 18.5 Å². The van der Waals surface area contributed by atoms with Gasteiger partial charge in [0.25, 0.3) is 5.91 Å². The molecule has 1 aromatic rings. The predicted octanol–water partition coefficient (Wildman–Crippen LogP) is 1.28. The molecule has 0 saturated carbocycles. The van der Waals surface area contributed by atoms with Gasteiger partial charge in [0.15, 0.2) is 0 Å². The maximum atomic E-state index is 11.7. The molecule has 0 bridgehead atoms. The highest BCUT2D eigenvalue weighted by Gasteiger charge is 2.13. The second-order valence-electron chi connectivity index (χ2n) is 3.26. The van der Waals surface area contributed by atoms with E-state index in [4.69, 9.17) is 16.3 Å². The van der Waals surface area contributed by atoms with E-state index >= 15 is 0 Å². The lowest BCUT2D eigenvalue weighted by Gasteiger charge is -2.15. The van der Waals surface area contributed by atoms with Gasteiger partial charge in [-0.2, -0.15) is 0 Å². The van der Waals surface area contributed by atoms with Crippen molar-refractivity contribution in [2.45, 2.75) is 19.4 Å². The van der Waals surface area contributed by atoms with Gasteiger partial charge >= 0.3 is 0 Å². The first-order valence-corrected chi connectivity index (χ1v) is 5.32. The van der Waals surface area contributed by atoms with Crippen LogP contribution < -0.4 is 5.32 Å². The molecule has 1 heterocycles. The highest BCUT2D eigenvalue weighted by atomic mass is 35.5. The average Bonchev–Trinajstić information content (AvgIpc) is 2.28. The maximum Gasteiger partial charge on any atom is 0.271 e. The molecule has 0 aliphatic rings. The summed E-state index contributed by atoms with van der Waals surface area (Å²) in [6.45, 7) is 2.43. The molecule has 5 nitrogen and oxygen atoms in total. The monoisotopic (exact) mass is 243 g/mol. The van der Waals surface area contributed by atoms with Crippen LogP contribution in [0.2, 0.25) is 5.15 Å². The van der Waals surface area contributed by atoms with Crippen LogP contribution in [0.25, 0.3) is 0 Å². The molecular formula is C10H14ClN3O2. The first-order chi connectivity index (χ1) is 7.67. The Morgan fingerprint density at radius 2 is 2.38 bits per heavy atom. The van der Waals surface area contributed by atoms with E-state index in [-0.39, 0.29) is 22.8 Å². The van der Waals surface area contributed by atoms with Crippen LogP contribution in [-0.4, -0.2) is 35.6 Å². The number of methoxy groups -OCH3 is 1. The van der Waals surface area contributed by atoms with Crippen LogP contribution in [0.4, 0.5) is 0 Å². The van der Waals surface area contributed by atoms with Crippen molar-refractivity contribution in [1.29, 1.82) is 0 Å². The number of halogens is 1. The zero-order valence-corrected chi connectivity index (χ0v) is 9.99. The van der Waals surface area contributed by atoms with Crippen LogP contribution in [0.1, 0.15) is 23.8 Å². The largest absolute Gasteiger partial charge is 0.383 e. The number of hydrogen-bond donors (Lipinski definition) is 1. The summed E-state index contributed by atoms with van der Waals surface area (Å²) in [6, 6.07) is -0.0294. The minimum atomic E-state index is -0.293. The normalized spacial score (nSPS) is 12.2. The van der Waals surface area contributed by atoms with E-state index < -0.39 is 0 Å². The molecule has 0 spiro atoms. The average molecular weight is 244 g/mol. The van der Waals surface area contributed by atoms with Crippen molar-refractivity contribution in [2.75, 3.05) is 13.7 Å². The zero-order chi connectivity index (χ0) is 12.0. The Kier molecular flexibility index (Phi) is 5.14. The maximum absolute atomic E-state index is 11.7. The van der Waals surface area contributed by atoms with Crippen LogP contribution in [-0.2, 0) is 4.74 Å².